The average molecular weight is 260 g/mol. The van der Waals surface area contributed by atoms with Crippen molar-refractivity contribution < 1.29 is 0 Å². The lowest BCUT2D eigenvalue weighted by atomic mass is 10.0. The number of aliphatic imine (C=N–C) groups is 1. The lowest BCUT2D eigenvalue weighted by molar-refractivity contribution is 0.452. The third-order valence-electron chi connectivity index (χ3n) is 4.07. The second-order valence-corrected chi connectivity index (χ2v) is 6.41. The Morgan fingerprint density at radius 2 is 2.06 bits per heavy atom. The minimum absolute atomic E-state index is 0.384. The number of amidine groups is 1. The number of hydrogen-bond donors (Lipinski definition) is 1. The first kappa shape index (κ1) is 12.1. The van der Waals surface area contributed by atoms with E-state index >= 15 is 0 Å². The van der Waals surface area contributed by atoms with Crippen LogP contribution in [-0.2, 0) is 6.54 Å². The number of nitrogens with zero attached hydrogens (tertiary/aromatic N) is 1. The van der Waals surface area contributed by atoms with Crippen molar-refractivity contribution in [2.45, 2.75) is 44.7 Å². The van der Waals surface area contributed by atoms with Crippen LogP contribution in [0.15, 0.2) is 29.3 Å². The van der Waals surface area contributed by atoms with E-state index in [0.29, 0.717) is 5.54 Å². The summed E-state index contributed by atoms with van der Waals surface area (Å²) >= 11 is 1.90. The summed E-state index contributed by atoms with van der Waals surface area (Å²) in [5.74, 6) is 1.21. The average Bonchev–Trinajstić information content (AvgIpc) is 3.00. The first-order chi connectivity index (χ1) is 8.77. The van der Waals surface area contributed by atoms with Gasteiger partial charge in [0.15, 0.2) is 5.17 Å². The molecule has 2 aliphatic rings. The molecule has 18 heavy (non-hydrogen) atoms. The van der Waals surface area contributed by atoms with Gasteiger partial charge < -0.3 is 5.32 Å². The number of nitrogens with one attached hydrogen (secondary N) is 1. The van der Waals surface area contributed by atoms with E-state index < -0.39 is 0 Å². The van der Waals surface area contributed by atoms with E-state index in [1.165, 1.54) is 42.6 Å². The summed E-state index contributed by atoms with van der Waals surface area (Å²) in [6.45, 7) is 2.96. The maximum atomic E-state index is 4.74. The molecule has 96 valence electrons. The van der Waals surface area contributed by atoms with Gasteiger partial charge in [-0.1, -0.05) is 48.9 Å². The van der Waals surface area contributed by atoms with Gasteiger partial charge >= 0.3 is 0 Å². The highest BCUT2D eigenvalue weighted by Gasteiger charge is 2.39. The lowest BCUT2D eigenvalue weighted by Crippen LogP contribution is -2.40. The maximum Gasteiger partial charge on any atom is 0.157 e. The van der Waals surface area contributed by atoms with Gasteiger partial charge in [0.05, 0.1) is 6.54 Å². The van der Waals surface area contributed by atoms with Crippen molar-refractivity contribution in [3.63, 3.8) is 0 Å². The van der Waals surface area contributed by atoms with Crippen molar-refractivity contribution in [1.29, 1.82) is 0 Å². The van der Waals surface area contributed by atoms with Crippen LogP contribution in [0.5, 0.6) is 0 Å². The molecule has 0 atom stereocenters. The van der Waals surface area contributed by atoms with Crippen molar-refractivity contribution in [3.05, 3.63) is 35.4 Å². The van der Waals surface area contributed by atoms with Crippen LogP contribution in [0.4, 0.5) is 0 Å². The normalized spacial score (nSPS) is 23.7. The summed E-state index contributed by atoms with van der Waals surface area (Å²) in [5, 5.41) is 4.82. The summed E-state index contributed by atoms with van der Waals surface area (Å²) in [6, 6.07) is 8.51. The predicted octanol–water partition coefficient (Wildman–Crippen LogP) is 3.50. The molecule has 1 aliphatic heterocycles. The standard InChI is InChI=1S/C15H20N2S/c1-12-6-2-3-7-13(12)10-16-14-17-15(11-18-14)8-4-5-9-15/h2-3,6-7H,4-5,8-11H2,1H3,(H,16,17). The zero-order valence-electron chi connectivity index (χ0n) is 10.9. The van der Waals surface area contributed by atoms with E-state index in [4.69, 9.17) is 4.99 Å². The summed E-state index contributed by atoms with van der Waals surface area (Å²) in [4.78, 5) is 4.74. The first-order valence-electron chi connectivity index (χ1n) is 6.77. The fourth-order valence-electron chi connectivity index (χ4n) is 2.86. The molecule has 0 amide bonds. The second kappa shape index (κ2) is 4.96. The molecule has 3 heteroatoms. The molecule has 1 aliphatic carbocycles. The smallest absolute Gasteiger partial charge is 0.157 e. The van der Waals surface area contributed by atoms with Gasteiger partial charge in [-0.25, -0.2) is 0 Å². The molecule has 0 radical (unpaired) electrons. The zero-order valence-corrected chi connectivity index (χ0v) is 11.7. The molecule has 1 heterocycles. The highest BCUT2D eigenvalue weighted by molar-refractivity contribution is 8.14. The van der Waals surface area contributed by atoms with E-state index in [2.05, 4.69) is 36.5 Å². The Kier molecular flexibility index (Phi) is 3.33. The Bertz CT molecular complexity index is 461. The topological polar surface area (TPSA) is 24.4 Å². The molecule has 0 aromatic heterocycles. The number of hydrogen-bond acceptors (Lipinski definition) is 2. The Hall–Kier alpha value is -0.960. The molecule has 3 rings (SSSR count). The maximum absolute atomic E-state index is 4.74. The molecule has 1 aromatic rings. The highest BCUT2D eigenvalue weighted by Crippen LogP contribution is 2.37. The van der Waals surface area contributed by atoms with Gasteiger partial charge in [-0.3, -0.25) is 4.99 Å². The van der Waals surface area contributed by atoms with Crippen LogP contribution in [0.1, 0.15) is 36.8 Å². The molecule has 1 saturated heterocycles. The van der Waals surface area contributed by atoms with Gasteiger partial charge in [0, 0.05) is 11.3 Å². The summed E-state index contributed by atoms with van der Waals surface area (Å²) in [7, 11) is 0. The molecule has 1 N–H and O–H groups in total. The summed E-state index contributed by atoms with van der Waals surface area (Å²) in [6.07, 6.45) is 5.39. The molecule has 0 bridgehead atoms. The number of benzene rings is 1. The largest absolute Gasteiger partial charge is 0.359 e. The summed E-state index contributed by atoms with van der Waals surface area (Å²) < 4.78 is 0. The van der Waals surface area contributed by atoms with Crippen LogP contribution in [0.3, 0.4) is 0 Å². The third kappa shape index (κ3) is 2.41. The Morgan fingerprint density at radius 3 is 2.83 bits per heavy atom. The predicted molar refractivity (Wildman–Crippen MR) is 79.1 cm³/mol. The van der Waals surface area contributed by atoms with Crippen LogP contribution >= 0.6 is 11.8 Å². The Labute approximate surface area is 113 Å². The van der Waals surface area contributed by atoms with Crippen molar-refractivity contribution in [2.24, 2.45) is 4.99 Å². The van der Waals surface area contributed by atoms with Gasteiger partial charge in [0.25, 0.3) is 0 Å². The van der Waals surface area contributed by atoms with Crippen LogP contribution in [0.25, 0.3) is 0 Å². The SMILES string of the molecule is Cc1ccccc1CN=C1NC2(CCCC2)CS1. The minimum Gasteiger partial charge on any atom is -0.359 e. The second-order valence-electron chi connectivity index (χ2n) is 5.45. The molecule has 1 spiro atoms. The van der Waals surface area contributed by atoms with Gasteiger partial charge in [-0.2, -0.15) is 0 Å². The van der Waals surface area contributed by atoms with Crippen molar-refractivity contribution in [1.82, 2.24) is 5.32 Å². The Morgan fingerprint density at radius 1 is 1.28 bits per heavy atom. The van der Waals surface area contributed by atoms with Crippen molar-refractivity contribution >= 4 is 16.9 Å². The fourth-order valence-corrected chi connectivity index (χ4v) is 4.07. The minimum atomic E-state index is 0.384. The molecule has 2 nitrogen and oxygen atoms in total. The van der Waals surface area contributed by atoms with E-state index in [0.717, 1.165) is 11.7 Å². The fraction of sp³-hybridized carbons (Fsp3) is 0.533. The molecule has 1 saturated carbocycles. The van der Waals surface area contributed by atoms with Gasteiger partial charge in [0.2, 0.25) is 0 Å². The molecule has 0 unspecified atom stereocenters. The van der Waals surface area contributed by atoms with Gasteiger partial charge in [0.1, 0.15) is 0 Å². The zero-order chi connectivity index (χ0) is 12.4. The van der Waals surface area contributed by atoms with E-state index in [1.54, 1.807) is 0 Å². The van der Waals surface area contributed by atoms with E-state index in [9.17, 15) is 0 Å². The number of rotatable bonds is 2. The molecule has 1 aromatic carbocycles. The first-order valence-corrected chi connectivity index (χ1v) is 7.76. The van der Waals surface area contributed by atoms with Crippen LogP contribution in [0, 0.1) is 6.92 Å². The van der Waals surface area contributed by atoms with Crippen LogP contribution in [-0.4, -0.2) is 16.5 Å². The highest BCUT2D eigenvalue weighted by atomic mass is 32.2. The summed E-state index contributed by atoms with van der Waals surface area (Å²) in [5.41, 5.74) is 3.05. The van der Waals surface area contributed by atoms with Gasteiger partial charge in [-0.05, 0) is 30.9 Å². The van der Waals surface area contributed by atoms with Crippen LogP contribution in [0.2, 0.25) is 0 Å². The van der Waals surface area contributed by atoms with Crippen molar-refractivity contribution in [3.8, 4) is 0 Å². The Balaban J connectivity index is 1.66. The van der Waals surface area contributed by atoms with Crippen LogP contribution < -0.4 is 5.32 Å². The van der Waals surface area contributed by atoms with E-state index in [-0.39, 0.29) is 0 Å². The third-order valence-corrected chi connectivity index (χ3v) is 5.27. The van der Waals surface area contributed by atoms with Gasteiger partial charge in [-0.15, -0.1) is 0 Å². The number of aryl methyl sites for hydroxylation is 1. The molecular formula is C15H20N2S. The van der Waals surface area contributed by atoms with E-state index in [1.807, 2.05) is 11.8 Å². The molecule has 2 fully saturated rings. The number of thioether (sulfide) groups is 1. The van der Waals surface area contributed by atoms with Crippen molar-refractivity contribution in [2.75, 3.05) is 5.75 Å². The monoisotopic (exact) mass is 260 g/mol. The lowest BCUT2D eigenvalue weighted by Gasteiger charge is -2.21. The quantitative estimate of drug-likeness (QED) is 0.880. The molecular weight excluding hydrogens is 240 g/mol.